The SMILES string of the molecule is Cc1cc(C)c(C(=O)NCc2ccc(Cl)cc2)cc1N. The van der Waals surface area contributed by atoms with E-state index in [0.29, 0.717) is 22.8 Å². The van der Waals surface area contributed by atoms with Gasteiger partial charge in [0.1, 0.15) is 0 Å². The van der Waals surface area contributed by atoms with Gasteiger partial charge in [-0.25, -0.2) is 0 Å². The lowest BCUT2D eigenvalue weighted by molar-refractivity contribution is 0.0950. The number of carbonyl (C=O) groups excluding carboxylic acids is 1. The number of nitrogens with one attached hydrogen (secondary N) is 1. The van der Waals surface area contributed by atoms with Crippen molar-refractivity contribution in [3.05, 3.63) is 63.7 Å². The van der Waals surface area contributed by atoms with Gasteiger partial charge in [0.15, 0.2) is 0 Å². The van der Waals surface area contributed by atoms with E-state index in [9.17, 15) is 4.79 Å². The fraction of sp³-hybridized carbons (Fsp3) is 0.188. The normalized spacial score (nSPS) is 10.3. The van der Waals surface area contributed by atoms with Gasteiger partial charge in [0.25, 0.3) is 5.91 Å². The number of benzene rings is 2. The van der Waals surface area contributed by atoms with E-state index in [1.54, 1.807) is 18.2 Å². The highest BCUT2D eigenvalue weighted by molar-refractivity contribution is 6.30. The smallest absolute Gasteiger partial charge is 0.251 e. The molecule has 3 N–H and O–H groups in total. The summed E-state index contributed by atoms with van der Waals surface area (Å²) in [4.78, 5) is 12.2. The molecule has 0 saturated carbocycles. The molecule has 0 unspecified atom stereocenters. The molecule has 0 aliphatic heterocycles. The Morgan fingerprint density at radius 3 is 2.45 bits per heavy atom. The second-order valence-corrected chi connectivity index (χ2v) is 5.27. The number of aryl methyl sites for hydroxylation is 2. The molecule has 2 aromatic rings. The number of hydrogen-bond acceptors (Lipinski definition) is 2. The van der Waals surface area contributed by atoms with E-state index in [2.05, 4.69) is 5.32 Å². The molecular formula is C16H17ClN2O. The van der Waals surface area contributed by atoms with Gasteiger partial charge in [0.05, 0.1) is 0 Å². The van der Waals surface area contributed by atoms with E-state index in [4.69, 9.17) is 17.3 Å². The molecule has 0 fully saturated rings. The van der Waals surface area contributed by atoms with Crippen molar-refractivity contribution < 1.29 is 4.79 Å². The number of nitrogen functional groups attached to an aromatic ring is 1. The summed E-state index contributed by atoms with van der Waals surface area (Å²) in [5.41, 5.74) is 10.0. The number of halogens is 1. The van der Waals surface area contributed by atoms with E-state index >= 15 is 0 Å². The van der Waals surface area contributed by atoms with Crippen molar-refractivity contribution in [2.75, 3.05) is 5.73 Å². The van der Waals surface area contributed by atoms with Crippen LogP contribution in [0.5, 0.6) is 0 Å². The van der Waals surface area contributed by atoms with Crippen LogP contribution in [0.3, 0.4) is 0 Å². The third-order valence-corrected chi connectivity index (χ3v) is 3.48. The van der Waals surface area contributed by atoms with Crippen molar-refractivity contribution in [3.8, 4) is 0 Å². The van der Waals surface area contributed by atoms with Gasteiger partial charge in [-0.1, -0.05) is 29.8 Å². The molecule has 3 nitrogen and oxygen atoms in total. The van der Waals surface area contributed by atoms with Crippen LogP contribution in [-0.2, 0) is 6.54 Å². The maximum atomic E-state index is 12.2. The molecule has 0 bridgehead atoms. The Kier molecular flexibility index (Phi) is 4.30. The van der Waals surface area contributed by atoms with Gasteiger partial charge >= 0.3 is 0 Å². The average molecular weight is 289 g/mol. The van der Waals surface area contributed by atoms with Gasteiger partial charge in [-0.2, -0.15) is 0 Å². The largest absolute Gasteiger partial charge is 0.398 e. The minimum Gasteiger partial charge on any atom is -0.398 e. The second kappa shape index (κ2) is 5.97. The Morgan fingerprint density at radius 2 is 1.80 bits per heavy atom. The van der Waals surface area contributed by atoms with E-state index in [-0.39, 0.29) is 5.91 Å². The number of hydrogen-bond donors (Lipinski definition) is 2. The Balaban J connectivity index is 2.09. The molecule has 2 rings (SSSR count). The number of amides is 1. The Bertz CT molecular complexity index is 636. The number of anilines is 1. The van der Waals surface area contributed by atoms with Crippen LogP contribution < -0.4 is 11.1 Å². The first-order valence-electron chi connectivity index (χ1n) is 6.36. The molecule has 0 radical (unpaired) electrons. The molecule has 0 spiro atoms. The summed E-state index contributed by atoms with van der Waals surface area (Å²) in [5.74, 6) is -0.121. The molecule has 0 aliphatic rings. The molecule has 2 aromatic carbocycles. The van der Waals surface area contributed by atoms with Crippen LogP contribution >= 0.6 is 11.6 Å². The number of carbonyl (C=O) groups is 1. The van der Waals surface area contributed by atoms with Gasteiger partial charge in [-0.3, -0.25) is 4.79 Å². The van der Waals surface area contributed by atoms with Crippen LogP contribution in [0.1, 0.15) is 27.0 Å². The number of nitrogens with two attached hydrogens (primary N) is 1. The van der Waals surface area contributed by atoms with Crippen LogP contribution in [0.15, 0.2) is 36.4 Å². The minimum absolute atomic E-state index is 0.121. The predicted octanol–water partition coefficient (Wildman–Crippen LogP) is 3.47. The van der Waals surface area contributed by atoms with Crippen molar-refractivity contribution in [1.82, 2.24) is 5.32 Å². The summed E-state index contributed by atoms with van der Waals surface area (Å²) >= 11 is 5.82. The monoisotopic (exact) mass is 288 g/mol. The van der Waals surface area contributed by atoms with E-state index in [1.165, 1.54) is 0 Å². The van der Waals surface area contributed by atoms with Crippen molar-refractivity contribution in [2.24, 2.45) is 0 Å². The summed E-state index contributed by atoms with van der Waals surface area (Å²) in [6, 6.07) is 11.0. The van der Waals surface area contributed by atoms with E-state index < -0.39 is 0 Å². The summed E-state index contributed by atoms with van der Waals surface area (Å²) < 4.78 is 0. The first-order valence-corrected chi connectivity index (χ1v) is 6.74. The average Bonchev–Trinajstić information content (AvgIpc) is 2.42. The van der Waals surface area contributed by atoms with Crippen molar-refractivity contribution in [3.63, 3.8) is 0 Å². The molecule has 1 amide bonds. The first-order chi connectivity index (χ1) is 9.47. The zero-order valence-electron chi connectivity index (χ0n) is 11.5. The lowest BCUT2D eigenvalue weighted by Gasteiger charge is -2.10. The lowest BCUT2D eigenvalue weighted by atomic mass is 10.0. The van der Waals surface area contributed by atoms with Crippen molar-refractivity contribution in [2.45, 2.75) is 20.4 Å². The maximum Gasteiger partial charge on any atom is 0.251 e. The van der Waals surface area contributed by atoms with Crippen LogP contribution in [0.25, 0.3) is 0 Å². The zero-order valence-corrected chi connectivity index (χ0v) is 12.3. The summed E-state index contributed by atoms with van der Waals surface area (Å²) in [7, 11) is 0. The maximum absolute atomic E-state index is 12.2. The van der Waals surface area contributed by atoms with Gasteiger partial charge in [-0.05, 0) is 48.7 Å². The second-order valence-electron chi connectivity index (χ2n) is 4.83. The fourth-order valence-electron chi connectivity index (χ4n) is 1.99. The zero-order chi connectivity index (χ0) is 14.7. The van der Waals surface area contributed by atoms with Gasteiger partial charge in [0.2, 0.25) is 0 Å². The summed E-state index contributed by atoms with van der Waals surface area (Å²) in [6.07, 6.45) is 0. The molecular weight excluding hydrogens is 272 g/mol. The minimum atomic E-state index is -0.121. The molecule has 0 aliphatic carbocycles. The van der Waals surface area contributed by atoms with Crippen molar-refractivity contribution in [1.29, 1.82) is 0 Å². The van der Waals surface area contributed by atoms with Gasteiger partial charge in [0, 0.05) is 22.8 Å². The van der Waals surface area contributed by atoms with E-state index in [0.717, 1.165) is 16.7 Å². The van der Waals surface area contributed by atoms with Gasteiger partial charge in [-0.15, -0.1) is 0 Å². The first kappa shape index (κ1) is 14.4. The molecule has 0 atom stereocenters. The molecule has 4 heteroatoms. The lowest BCUT2D eigenvalue weighted by Crippen LogP contribution is -2.23. The summed E-state index contributed by atoms with van der Waals surface area (Å²) in [6.45, 7) is 4.30. The predicted molar refractivity (Wildman–Crippen MR) is 83.0 cm³/mol. The van der Waals surface area contributed by atoms with Crippen LogP contribution in [0.2, 0.25) is 5.02 Å². The quantitative estimate of drug-likeness (QED) is 0.850. The van der Waals surface area contributed by atoms with Gasteiger partial charge < -0.3 is 11.1 Å². The number of rotatable bonds is 3. The highest BCUT2D eigenvalue weighted by Crippen LogP contribution is 2.18. The Labute approximate surface area is 123 Å². The Morgan fingerprint density at radius 1 is 1.15 bits per heavy atom. The molecule has 20 heavy (non-hydrogen) atoms. The van der Waals surface area contributed by atoms with Crippen LogP contribution in [0.4, 0.5) is 5.69 Å². The standard InChI is InChI=1S/C16H17ClN2O/c1-10-7-11(2)15(18)8-14(10)16(20)19-9-12-3-5-13(17)6-4-12/h3-8H,9,18H2,1-2H3,(H,19,20). The summed E-state index contributed by atoms with van der Waals surface area (Å²) in [5, 5.41) is 3.57. The molecule has 0 saturated heterocycles. The topological polar surface area (TPSA) is 55.1 Å². The van der Waals surface area contributed by atoms with E-state index in [1.807, 2.05) is 32.0 Å². The third-order valence-electron chi connectivity index (χ3n) is 3.22. The highest BCUT2D eigenvalue weighted by atomic mass is 35.5. The molecule has 104 valence electrons. The Hall–Kier alpha value is -2.00. The van der Waals surface area contributed by atoms with Crippen LogP contribution in [0, 0.1) is 13.8 Å². The highest BCUT2D eigenvalue weighted by Gasteiger charge is 2.10. The molecule has 0 aromatic heterocycles. The molecule has 0 heterocycles. The van der Waals surface area contributed by atoms with Crippen molar-refractivity contribution >= 4 is 23.2 Å². The van der Waals surface area contributed by atoms with Crippen LogP contribution in [-0.4, -0.2) is 5.91 Å². The third kappa shape index (κ3) is 3.31. The fourth-order valence-corrected chi connectivity index (χ4v) is 2.12.